The van der Waals surface area contributed by atoms with Gasteiger partial charge in [0.1, 0.15) is 0 Å². The van der Waals surface area contributed by atoms with E-state index in [4.69, 9.17) is 0 Å². The fourth-order valence-corrected chi connectivity index (χ4v) is 1.54. The lowest BCUT2D eigenvalue weighted by molar-refractivity contribution is -0.117. The monoisotopic (exact) mass is 251 g/mol. The van der Waals surface area contributed by atoms with Crippen molar-refractivity contribution in [3.63, 3.8) is 0 Å². The number of rotatable bonds is 1. The highest BCUT2D eigenvalue weighted by atomic mass is 127. The number of amides is 1. The lowest BCUT2D eigenvalue weighted by Gasteiger charge is -1.93. The standard InChI is InChI=1S/C7H10INO/c8-5-6-3-1-2-4-7(10)9-6/h1-5H2. The van der Waals surface area contributed by atoms with E-state index in [1.54, 1.807) is 0 Å². The third-order valence-corrected chi connectivity index (χ3v) is 2.42. The van der Waals surface area contributed by atoms with Crippen molar-refractivity contribution >= 4 is 34.2 Å². The molecule has 3 heteroatoms. The lowest BCUT2D eigenvalue weighted by Crippen LogP contribution is -2.00. The molecule has 0 bridgehead atoms. The number of halogens is 1. The predicted molar refractivity (Wildman–Crippen MR) is 49.8 cm³/mol. The molecule has 1 heterocycles. The third-order valence-electron chi connectivity index (χ3n) is 1.54. The van der Waals surface area contributed by atoms with E-state index in [0.29, 0.717) is 6.42 Å². The van der Waals surface area contributed by atoms with Gasteiger partial charge in [-0.2, -0.15) is 0 Å². The highest BCUT2D eigenvalue weighted by Crippen LogP contribution is 2.09. The summed E-state index contributed by atoms with van der Waals surface area (Å²) in [6, 6.07) is 0. The fourth-order valence-electron chi connectivity index (χ4n) is 0.990. The Hall–Kier alpha value is 0.0700. The van der Waals surface area contributed by atoms with Crippen LogP contribution in [0.5, 0.6) is 0 Å². The van der Waals surface area contributed by atoms with Crippen LogP contribution >= 0.6 is 22.6 Å². The Morgan fingerprint density at radius 1 is 1.40 bits per heavy atom. The highest BCUT2D eigenvalue weighted by molar-refractivity contribution is 14.1. The van der Waals surface area contributed by atoms with Crippen LogP contribution in [0.2, 0.25) is 0 Å². The predicted octanol–water partition coefficient (Wildman–Crippen LogP) is 1.96. The van der Waals surface area contributed by atoms with Gasteiger partial charge >= 0.3 is 0 Å². The molecule has 0 fully saturated rings. The molecule has 1 aliphatic heterocycles. The first-order valence-electron chi connectivity index (χ1n) is 3.48. The van der Waals surface area contributed by atoms with Gasteiger partial charge in [0.25, 0.3) is 0 Å². The van der Waals surface area contributed by atoms with E-state index in [2.05, 4.69) is 27.6 Å². The Morgan fingerprint density at radius 2 is 2.10 bits per heavy atom. The van der Waals surface area contributed by atoms with Crippen molar-refractivity contribution in [2.75, 3.05) is 4.43 Å². The molecule has 0 aromatic rings. The smallest absolute Gasteiger partial charge is 0.245 e. The van der Waals surface area contributed by atoms with Crippen LogP contribution in [-0.4, -0.2) is 16.0 Å². The lowest BCUT2D eigenvalue weighted by atomic mass is 10.2. The highest BCUT2D eigenvalue weighted by Gasteiger charge is 2.07. The first-order chi connectivity index (χ1) is 4.83. The molecule has 56 valence electrons. The number of hydrogen-bond acceptors (Lipinski definition) is 1. The Kier molecular flexibility index (Phi) is 3.31. The molecule has 0 aliphatic carbocycles. The van der Waals surface area contributed by atoms with Gasteiger partial charge in [0.05, 0.1) is 0 Å². The van der Waals surface area contributed by atoms with Crippen molar-refractivity contribution in [1.29, 1.82) is 0 Å². The van der Waals surface area contributed by atoms with Crippen LogP contribution in [0.3, 0.4) is 0 Å². The second-order valence-electron chi connectivity index (χ2n) is 2.41. The van der Waals surface area contributed by atoms with Gasteiger partial charge in [0.15, 0.2) is 0 Å². The zero-order valence-electron chi connectivity index (χ0n) is 5.77. The molecule has 0 aromatic heterocycles. The topological polar surface area (TPSA) is 29.4 Å². The molecule has 1 amide bonds. The van der Waals surface area contributed by atoms with Crippen molar-refractivity contribution < 1.29 is 4.79 Å². The average molecular weight is 251 g/mol. The van der Waals surface area contributed by atoms with E-state index in [9.17, 15) is 4.79 Å². The van der Waals surface area contributed by atoms with Gasteiger partial charge in [-0.3, -0.25) is 4.79 Å². The molecule has 1 aliphatic rings. The Morgan fingerprint density at radius 3 is 2.80 bits per heavy atom. The van der Waals surface area contributed by atoms with Gasteiger partial charge in [0.2, 0.25) is 5.91 Å². The van der Waals surface area contributed by atoms with Crippen LogP contribution in [0.25, 0.3) is 0 Å². The molecule has 0 aromatic carbocycles. The summed E-state index contributed by atoms with van der Waals surface area (Å²) < 4.78 is 0.906. The van der Waals surface area contributed by atoms with Gasteiger partial charge in [-0.05, 0) is 19.3 Å². The van der Waals surface area contributed by atoms with Crippen LogP contribution in [0.15, 0.2) is 4.99 Å². The maximum Gasteiger partial charge on any atom is 0.245 e. The molecule has 0 unspecified atom stereocenters. The van der Waals surface area contributed by atoms with E-state index in [0.717, 1.165) is 29.4 Å². The SMILES string of the molecule is O=C1CCCCC(CI)=N1. The second kappa shape index (κ2) is 4.05. The van der Waals surface area contributed by atoms with E-state index in [1.807, 2.05) is 0 Å². The quantitative estimate of drug-likeness (QED) is 0.517. The maximum atomic E-state index is 10.9. The fraction of sp³-hybridized carbons (Fsp3) is 0.714. The molecule has 0 saturated carbocycles. The first kappa shape index (κ1) is 8.17. The number of alkyl halides is 1. The zero-order valence-corrected chi connectivity index (χ0v) is 7.93. The summed E-state index contributed by atoms with van der Waals surface area (Å²) in [6.07, 6.45) is 3.82. The maximum absolute atomic E-state index is 10.9. The first-order valence-corrected chi connectivity index (χ1v) is 5.00. The van der Waals surface area contributed by atoms with Crippen LogP contribution in [0.1, 0.15) is 25.7 Å². The van der Waals surface area contributed by atoms with Crippen LogP contribution in [0.4, 0.5) is 0 Å². The summed E-state index contributed by atoms with van der Waals surface area (Å²) in [7, 11) is 0. The van der Waals surface area contributed by atoms with Gasteiger partial charge in [-0.25, -0.2) is 4.99 Å². The van der Waals surface area contributed by atoms with Crippen molar-refractivity contribution in [2.45, 2.75) is 25.7 Å². The number of nitrogens with zero attached hydrogens (tertiary/aromatic N) is 1. The Bertz CT molecular complexity index is 165. The van der Waals surface area contributed by atoms with E-state index >= 15 is 0 Å². The van der Waals surface area contributed by atoms with Gasteiger partial charge in [0, 0.05) is 16.6 Å². The van der Waals surface area contributed by atoms with Crippen LogP contribution < -0.4 is 0 Å². The average Bonchev–Trinajstić information content (AvgIpc) is 2.13. The molecule has 0 radical (unpaired) electrons. The van der Waals surface area contributed by atoms with Gasteiger partial charge in [-0.1, -0.05) is 22.6 Å². The number of aliphatic imine (C=N–C) groups is 1. The molecular weight excluding hydrogens is 241 g/mol. The normalized spacial score (nSPS) is 20.1. The summed E-state index contributed by atoms with van der Waals surface area (Å²) in [4.78, 5) is 14.8. The third kappa shape index (κ3) is 2.36. The number of hydrogen-bond donors (Lipinski definition) is 0. The molecular formula is C7H10INO. The van der Waals surface area contributed by atoms with E-state index < -0.39 is 0 Å². The molecule has 2 nitrogen and oxygen atoms in total. The molecule has 0 atom stereocenters. The van der Waals surface area contributed by atoms with Crippen molar-refractivity contribution in [2.24, 2.45) is 4.99 Å². The largest absolute Gasteiger partial charge is 0.273 e. The summed E-state index contributed by atoms with van der Waals surface area (Å²) in [5.74, 6) is 0.0733. The summed E-state index contributed by atoms with van der Waals surface area (Å²) >= 11 is 2.25. The van der Waals surface area contributed by atoms with Gasteiger partial charge < -0.3 is 0 Å². The molecule has 0 spiro atoms. The van der Waals surface area contributed by atoms with Gasteiger partial charge in [-0.15, -0.1) is 0 Å². The molecule has 0 saturated heterocycles. The van der Waals surface area contributed by atoms with Crippen molar-refractivity contribution in [3.05, 3.63) is 0 Å². The molecule has 1 rings (SSSR count). The number of carbonyl (C=O) groups is 1. The second-order valence-corrected chi connectivity index (χ2v) is 3.18. The summed E-state index contributed by atoms with van der Waals surface area (Å²) in [6.45, 7) is 0. The molecule has 0 N–H and O–H groups in total. The Labute approximate surface area is 74.2 Å². The number of carbonyl (C=O) groups excluding carboxylic acids is 1. The summed E-state index contributed by atoms with van der Waals surface area (Å²) in [5.41, 5.74) is 1.07. The van der Waals surface area contributed by atoms with Crippen molar-refractivity contribution in [3.8, 4) is 0 Å². The minimum Gasteiger partial charge on any atom is -0.273 e. The summed E-state index contributed by atoms with van der Waals surface area (Å²) in [5, 5.41) is 0. The van der Waals surface area contributed by atoms with Crippen LogP contribution in [0, 0.1) is 0 Å². The van der Waals surface area contributed by atoms with E-state index in [1.165, 1.54) is 0 Å². The van der Waals surface area contributed by atoms with Crippen LogP contribution in [-0.2, 0) is 4.79 Å². The van der Waals surface area contributed by atoms with E-state index in [-0.39, 0.29) is 5.91 Å². The minimum absolute atomic E-state index is 0.0733. The van der Waals surface area contributed by atoms with Crippen molar-refractivity contribution in [1.82, 2.24) is 0 Å². The minimum atomic E-state index is 0.0733. The zero-order chi connectivity index (χ0) is 7.40. The Balaban J connectivity index is 2.59. The molecule has 10 heavy (non-hydrogen) atoms.